The number of rotatable bonds is 0. The van der Waals surface area contributed by atoms with E-state index in [1.165, 1.54) is 11.1 Å². The second kappa shape index (κ2) is 7.55. The van der Waals surface area contributed by atoms with Crippen molar-refractivity contribution in [3.63, 3.8) is 0 Å². The SMILES string of the molecule is CC1=[C-]CC=C1.CC1=[C-]CC=C1.[La]. The van der Waals surface area contributed by atoms with Crippen LogP contribution < -0.4 is 0 Å². The van der Waals surface area contributed by atoms with Gasteiger partial charge in [-0.15, -0.1) is 12.8 Å². The molecular formula is C12H14La-2. The first-order valence-electron chi connectivity index (χ1n) is 4.27. The second-order valence-corrected chi connectivity index (χ2v) is 2.93. The average molecular weight is 297 g/mol. The summed E-state index contributed by atoms with van der Waals surface area (Å²) in [6.45, 7) is 4.12. The van der Waals surface area contributed by atoms with E-state index in [2.05, 4.69) is 50.3 Å². The molecule has 0 heterocycles. The van der Waals surface area contributed by atoms with Crippen LogP contribution in [0.2, 0.25) is 0 Å². The van der Waals surface area contributed by atoms with Crippen LogP contribution in [0.15, 0.2) is 35.5 Å². The summed E-state index contributed by atoms with van der Waals surface area (Å²) < 4.78 is 0. The first-order valence-corrected chi connectivity index (χ1v) is 4.27. The molecule has 0 N–H and O–H groups in total. The quantitative estimate of drug-likeness (QED) is 0.601. The third kappa shape index (κ3) is 6.26. The van der Waals surface area contributed by atoms with Crippen molar-refractivity contribution < 1.29 is 35.6 Å². The molecule has 0 aromatic carbocycles. The van der Waals surface area contributed by atoms with Gasteiger partial charge < -0.3 is 0 Å². The minimum atomic E-state index is 0. The molecule has 2 aliphatic rings. The molecule has 0 spiro atoms. The van der Waals surface area contributed by atoms with Gasteiger partial charge in [-0.05, 0) is 0 Å². The molecule has 0 saturated heterocycles. The van der Waals surface area contributed by atoms with Crippen molar-refractivity contribution in [2.45, 2.75) is 26.7 Å². The Kier molecular flexibility index (Phi) is 7.64. The van der Waals surface area contributed by atoms with Gasteiger partial charge in [-0.3, -0.25) is 12.2 Å². The van der Waals surface area contributed by atoms with Gasteiger partial charge in [-0.2, -0.15) is 12.2 Å². The smallest absolute Gasteiger partial charge is 0 e. The molecule has 0 bridgehead atoms. The molecule has 0 aliphatic heterocycles. The second-order valence-electron chi connectivity index (χ2n) is 2.93. The fourth-order valence-electron chi connectivity index (χ4n) is 1.03. The summed E-state index contributed by atoms with van der Waals surface area (Å²) in [4.78, 5) is 0. The van der Waals surface area contributed by atoms with Crippen LogP contribution in [0.1, 0.15) is 26.7 Å². The molecule has 13 heavy (non-hydrogen) atoms. The van der Waals surface area contributed by atoms with E-state index >= 15 is 0 Å². The molecular weight excluding hydrogens is 283 g/mol. The predicted octanol–water partition coefficient (Wildman–Crippen LogP) is 3.39. The van der Waals surface area contributed by atoms with E-state index in [-0.39, 0.29) is 35.6 Å². The zero-order chi connectivity index (χ0) is 8.81. The van der Waals surface area contributed by atoms with Crippen LogP contribution in [0.25, 0.3) is 0 Å². The van der Waals surface area contributed by atoms with Crippen LogP contribution in [-0.4, -0.2) is 0 Å². The first-order chi connectivity index (χ1) is 5.79. The summed E-state index contributed by atoms with van der Waals surface area (Å²) in [5.41, 5.74) is 2.55. The molecule has 1 heteroatoms. The van der Waals surface area contributed by atoms with Gasteiger partial charge in [-0.1, -0.05) is 13.8 Å². The standard InChI is InChI=1S/2C6H7.La/c2*1-6-4-2-3-5-6;/h2*2,4H,3H2,1H3;/q2*-1;. The summed E-state index contributed by atoms with van der Waals surface area (Å²) in [6.07, 6.45) is 16.7. The number of allylic oxidation sites excluding steroid dienone is 8. The van der Waals surface area contributed by atoms with Gasteiger partial charge in [0, 0.05) is 35.6 Å². The minimum Gasteiger partial charge on any atom is -0.270 e. The third-order valence-electron chi connectivity index (χ3n) is 1.73. The Morgan fingerprint density at radius 3 is 1.38 bits per heavy atom. The van der Waals surface area contributed by atoms with Crippen molar-refractivity contribution in [3.05, 3.63) is 47.6 Å². The van der Waals surface area contributed by atoms with Crippen molar-refractivity contribution in [3.8, 4) is 0 Å². The van der Waals surface area contributed by atoms with Crippen LogP contribution >= 0.6 is 0 Å². The summed E-state index contributed by atoms with van der Waals surface area (Å²) in [7, 11) is 0. The van der Waals surface area contributed by atoms with Gasteiger partial charge in [-0.25, -0.2) is 23.3 Å². The molecule has 0 unspecified atom stereocenters. The Morgan fingerprint density at radius 1 is 0.923 bits per heavy atom. The van der Waals surface area contributed by atoms with Gasteiger partial charge in [0.05, 0.1) is 0 Å². The molecule has 1 radical (unpaired) electrons. The van der Waals surface area contributed by atoms with Crippen LogP contribution in [0.4, 0.5) is 0 Å². The molecule has 2 rings (SSSR count). The maximum Gasteiger partial charge on any atom is 0 e. The zero-order valence-electron chi connectivity index (χ0n) is 8.30. The number of hydrogen-bond donors (Lipinski definition) is 0. The third-order valence-corrected chi connectivity index (χ3v) is 1.73. The molecule has 0 aromatic rings. The van der Waals surface area contributed by atoms with Gasteiger partial charge in [0.25, 0.3) is 0 Å². The van der Waals surface area contributed by atoms with Crippen LogP contribution in [0, 0.1) is 47.8 Å². The van der Waals surface area contributed by atoms with Gasteiger partial charge in [0.15, 0.2) is 0 Å². The van der Waals surface area contributed by atoms with E-state index in [1.54, 1.807) is 0 Å². The Labute approximate surface area is 109 Å². The molecule has 0 atom stereocenters. The van der Waals surface area contributed by atoms with Gasteiger partial charge >= 0.3 is 0 Å². The van der Waals surface area contributed by atoms with Crippen molar-refractivity contribution in [1.82, 2.24) is 0 Å². The fourth-order valence-corrected chi connectivity index (χ4v) is 1.03. The average Bonchev–Trinajstić information content (AvgIpc) is 2.63. The number of hydrogen-bond acceptors (Lipinski definition) is 0. The van der Waals surface area contributed by atoms with Crippen molar-refractivity contribution in [2.24, 2.45) is 0 Å². The monoisotopic (exact) mass is 297 g/mol. The van der Waals surface area contributed by atoms with Crippen molar-refractivity contribution in [1.29, 1.82) is 0 Å². The summed E-state index contributed by atoms with van der Waals surface area (Å²) >= 11 is 0. The van der Waals surface area contributed by atoms with Gasteiger partial charge in [0.1, 0.15) is 0 Å². The fraction of sp³-hybridized carbons (Fsp3) is 0.333. The van der Waals surface area contributed by atoms with E-state index in [9.17, 15) is 0 Å². The van der Waals surface area contributed by atoms with Crippen molar-refractivity contribution in [2.75, 3.05) is 0 Å². The molecule has 0 aromatic heterocycles. The maximum atomic E-state index is 3.12. The zero-order valence-corrected chi connectivity index (χ0v) is 11.9. The predicted molar refractivity (Wildman–Crippen MR) is 52.4 cm³/mol. The van der Waals surface area contributed by atoms with Crippen LogP contribution in [-0.2, 0) is 0 Å². The minimum absolute atomic E-state index is 0. The Balaban J connectivity index is 0.000000206. The maximum absolute atomic E-state index is 3.12. The normalized spacial score (nSPS) is 17.1. The van der Waals surface area contributed by atoms with E-state index in [0.29, 0.717) is 0 Å². The first kappa shape index (κ1) is 13.2. The molecule has 0 fully saturated rings. The summed E-state index contributed by atoms with van der Waals surface area (Å²) in [5, 5.41) is 0. The van der Waals surface area contributed by atoms with E-state index in [1.807, 2.05) is 0 Å². The van der Waals surface area contributed by atoms with Crippen LogP contribution in [0.5, 0.6) is 0 Å². The summed E-state index contributed by atoms with van der Waals surface area (Å²) in [5.74, 6) is 0. The topological polar surface area (TPSA) is 0 Å². The van der Waals surface area contributed by atoms with Crippen LogP contribution in [0.3, 0.4) is 0 Å². The Bertz CT molecular complexity index is 221. The van der Waals surface area contributed by atoms with E-state index in [0.717, 1.165) is 12.8 Å². The van der Waals surface area contributed by atoms with E-state index < -0.39 is 0 Å². The molecule has 0 saturated carbocycles. The largest absolute Gasteiger partial charge is 0.270 e. The molecule has 0 amide bonds. The van der Waals surface area contributed by atoms with E-state index in [4.69, 9.17) is 0 Å². The Hall–Kier alpha value is 0.155. The molecule has 67 valence electrons. The van der Waals surface area contributed by atoms with Gasteiger partial charge in [0.2, 0.25) is 0 Å². The summed E-state index contributed by atoms with van der Waals surface area (Å²) in [6, 6.07) is 0. The van der Waals surface area contributed by atoms with Crippen molar-refractivity contribution >= 4 is 0 Å². The Morgan fingerprint density at radius 2 is 1.31 bits per heavy atom. The molecule has 0 nitrogen and oxygen atoms in total. The molecule has 2 aliphatic carbocycles.